The first-order chi connectivity index (χ1) is 9.47. The summed E-state index contributed by atoms with van der Waals surface area (Å²) >= 11 is 0. The highest BCUT2D eigenvalue weighted by Crippen LogP contribution is 2.14. The van der Waals surface area contributed by atoms with Crippen LogP contribution in [0.25, 0.3) is 0 Å². The minimum Gasteiger partial charge on any atom is -0.378 e. The largest absolute Gasteiger partial charge is 0.378 e. The third-order valence-electron chi connectivity index (χ3n) is 2.57. The number of imidazole rings is 1. The Labute approximate surface area is 118 Å². The molecule has 0 fully saturated rings. The molecule has 0 spiro atoms. The second-order valence-corrected chi connectivity index (χ2v) is 6.40. The van der Waals surface area contributed by atoms with Crippen LogP contribution < -0.4 is 10.0 Å². The van der Waals surface area contributed by atoms with E-state index in [4.69, 9.17) is 0 Å². The van der Waals surface area contributed by atoms with Crippen molar-refractivity contribution in [3.63, 3.8) is 0 Å². The molecule has 1 heterocycles. The van der Waals surface area contributed by atoms with Crippen LogP contribution >= 0.6 is 0 Å². The van der Waals surface area contributed by atoms with E-state index in [1.54, 1.807) is 50.5 Å². The molecule has 0 radical (unpaired) electrons. The van der Waals surface area contributed by atoms with E-state index in [0.717, 1.165) is 11.5 Å². The number of sulfonamides is 1. The summed E-state index contributed by atoms with van der Waals surface area (Å²) in [5, 5.41) is 3.16. The van der Waals surface area contributed by atoms with Crippen LogP contribution in [0.4, 0.5) is 5.69 Å². The van der Waals surface area contributed by atoms with E-state index in [9.17, 15) is 8.42 Å². The number of nitrogens with one attached hydrogen (secondary N) is 3. The molecule has 0 bridgehead atoms. The van der Waals surface area contributed by atoms with Crippen LogP contribution in [0.2, 0.25) is 0 Å². The minimum atomic E-state index is -3.43. The molecule has 0 unspecified atom stereocenters. The number of anilines is 1. The monoisotopic (exact) mass is 294 g/mol. The molecule has 1 aromatic carbocycles. The molecule has 0 aliphatic carbocycles. The summed E-state index contributed by atoms with van der Waals surface area (Å²) in [6.45, 7) is 4.14. The molecule has 0 atom stereocenters. The summed E-state index contributed by atoms with van der Waals surface area (Å²) in [5.41, 5.74) is 0.838. The lowest BCUT2D eigenvalue weighted by Crippen LogP contribution is -2.30. The molecule has 0 amide bonds. The van der Waals surface area contributed by atoms with Crippen molar-refractivity contribution in [3.05, 3.63) is 42.5 Å². The highest BCUT2D eigenvalue weighted by molar-refractivity contribution is 7.89. The average molecular weight is 294 g/mol. The molecule has 2 rings (SSSR count). The maximum Gasteiger partial charge on any atom is 0.240 e. The summed E-state index contributed by atoms with van der Waals surface area (Å²) in [6.07, 6.45) is 3.44. The van der Waals surface area contributed by atoms with Crippen molar-refractivity contribution in [3.8, 4) is 0 Å². The second kappa shape index (κ2) is 6.06. The van der Waals surface area contributed by atoms with Gasteiger partial charge in [0.1, 0.15) is 5.82 Å². The van der Waals surface area contributed by atoms with Gasteiger partial charge >= 0.3 is 0 Å². The SMILES string of the molecule is CC(C)NS(=O)(=O)c1ccc(NCc2ncc[nH]2)cc1. The molecule has 6 nitrogen and oxygen atoms in total. The van der Waals surface area contributed by atoms with Gasteiger partial charge in [-0.3, -0.25) is 0 Å². The lowest BCUT2D eigenvalue weighted by Gasteiger charge is -2.10. The van der Waals surface area contributed by atoms with Gasteiger partial charge in [0, 0.05) is 24.1 Å². The summed E-state index contributed by atoms with van der Waals surface area (Å²) in [6, 6.07) is 6.50. The predicted molar refractivity (Wildman–Crippen MR) is 77.8 cm³/mol. The fourth-order valence-corrected chi connectivity index (χ4v) is 2.96. The zero-order chi connectivity index (χ0) is 14.6. The quantitative estimate of drug-likeness (QED) is 0.757. The Bertz CT molecular complexity index is 634. The van der Waals surface area contributed by atoms with Gasteiger partial charge in [0.05, 0.1) is 11.4 Å². The Morgan fingerprint density at radius 1 is 1.25 bits per heavy atom. The van der Waals surface area contributed by atoms with Crippen molar-refractivity contribution in [2.75, 3.05) is 5.32 Å². The van der Waals surface area contributed by atoms with Gasteiger partial charge in [0.2, 0.25) is 10.0 Å². The van der Waals surface area contributed by atoms with Crippen molar-refractivity contribution >= 4 is 15.7 Å². The van der Waals surface area contributed by atoms with E-state index >= 15 is 0 Å². The van der Waals surface area contributed by atoms with Gasteiger partial charge in [-0.25, -0.2) is 18.1 Å². The van der Waals surface area contributed by atoms with Gasteiger partial charge in [-0.1, -0.05) is 0 Å². The number of aromatic nitrogens is 2. The fraction of sp³-hybridized carbons (Fsp3) is 0.308. The van der Waals surface area contributed by atoms with E-state index in [2.05, 4.69) is 20.0 Å². The third kappa shape index (κ3) is 3.82. The first-order valence-corrected chi connectivity index (χ1v) is 7.80. The number of hydrogen-bond donors (Lipinski definition) is 3. The Morgan fingerprint density at radius 2 is 1.95 bits per heavy atom. The molecule has 0 saturated carbocycles. The molecule has 0 saturated heterocycles. The van der Waals surface area contributed by atoms with Crippen molar-refractivity contribution in [2.45, 2.75) is 31.3 Å². The number of benzene rings is 1. The van der Waals surface area contributed by atoms with E-state index in [1.807, 2.05) is 0 Å². The number of hydrogen-bond acceptors (Lipinski definition) is 4. The maximum atomic E-state index is 12.0. The maximum absolute atomic E-state index is 12.0. The summed E-state index contributed by atoms with van der Waals surface area (Å²) in [7, 11) is -3.43. The zero-order valence-electron chi connectivity index (χ0n) is 11.4. The number of aromatic amines is 1. The van der Waals surface area contributed by atoms with Crippen LogP contribution in [0.3, 0.4) is 0 Å². The number of nitrogens with zero attached hydrogens (tertiary/aromatic N) is 1. The molecule has 7 heteroatoms. The highest BCUT2D eigenvalue weighted by Gasteiger charge is 2.14. The van der Waals surface area contributed by atoms with E-state index in [-0.39, 0.29) is 10.9 Å². The summed E-state index contributed by atoms with van der Waals surface area (Å²) < 4.78 is 26.5. The zero-order valence-corrected chi connectivity index (χ0v) is 12.2. The second-order valence-electron chi connectivity index (χ2n) is 4.69. The van der Waals surface area contributed by atoms with Gasteiger partial charge in [-0.05, 0) is 38.1 Å². The highest BCUT2D eigenvalue weighted by atomic mass is 32.2. The van der Waals surface area contributed by atoms with Crippen LogP contribution in [0.15, 0.2) is 41.6 Å². The molecule has 20 heavy (non-hydrogen) atoms. The van der Waals surface area contributed by atoms with Gasteiger partial charge in [0.15, 0.2) is 0 Å². The smallest absolute Gasteiger partial charge is 0.240 e. The Balaban J connectivity index is 2.02. The first-order valence-electron chi connectivity index (χ1n) is 6.32. The minimum absolute atomic E-state index is 0.128. The third-order valence-corrected chi connectivity index (χ3v) is 4.24. The molecule has 0 aliphatic rings. The van der Waals surface area contributed by atoms with Crippen LogP contribution in [0.5, 0.6) is 0 Å². The molecule has 2 aromatic rings. The average Bonchev–Trinajstić information content (AvgIpc) is 2.88. The predicted octanol–water partition coefficient (Wildman–Crippen LogP) is 1.71. The van der Waals surface area contributed by atoms with Crippen molar-refractivity contribution in [2.24, 2.45) is 0 Å². The van der Waals surface area contributed by atoms with Gasteiger partial charge in [0.25, 0.3) is 0 Å². The van der Waals surface area contributed by atoms with Crippen molar-refractivity contribution in [1.29, 1.82) is 0 Å². The van der Waals surface area contributed by atoms with E-state index in [1.165, 1.54) is 0 Å². The standard InChI is InChI=1S/C13H18N4O2S/c1-10(2)17-20(18,19)12-5-3-11(4-6-12)16-9-13-14-7-8-15-13/h3-8,10,16-17H,9H2,1-2H3,(H,14,15). The van der Waals surface area contributed by atoms with Crippen LogP contribution in [0.1, 0.15) is 19.7 Å². The Kier molecular flexibility index (Phi) is 4.41. The van der Waals surface area contributed by atoms with Gasteiger partial charge in [-0.15, -0.1) is 0 Å². The van der Waals surface area contributed by atoms with Crippen LogP contribution in [-0.2, 0) is 16.6 Å². The van der Waals surface area contributed by atoms with Crippen LogP contribution in [-0.4, -0.2) is 24.4 Å². The lowest BCUT2D eigenvalue weighted by atomic mass is 10.3. The molecular weight excluding hydrogens is 276 g/mol. The normalized spacial score (nSPS) is 11.8. The number of rotatable bonds is 6. The molecule has 3 N–H and O–H groups in total. The number of H-pyrrole nitrogens is 1. The summed E-state index contributed by atoms with van der Waals surface area (Å²) in [5.74, 6) is 0.822. The lowest BCUT2D eigenvalue weighted by molar-refractivity contribution is 0.570. The van der Waals surface area contributed by atoms with Crippen LogP contribution in [0, 0.1) is 0 Å². The molecule has 0 aliphatic heterocycles. The van der Waals surface area contributed by atoms with Gasteiger partial charge < -0.3 is 10.3 Å². The van der Waals surface area contributed by atoms with Crippen molar-refractivity contribution < 1.29 is 8.42 Å². The van der Waals surface area contributed by atoms with E-state index < -0.39 is 10.0 Å². The summed E-state index contributed by atoms with van der Waals surface area (Å²) in [4.78, 5) is 7.34. The first kappa shape index (κ1) is 14.5. The fourth-order valence-electron chi connectivity index (χ4n) is 1.71. The molecular formula is C13H18N4O2S. The molecule has 108 valence electrons. The Hall–Kier alpha value is -1.86. The Morgan fingerprint density at radius 3 is 2.50 bits per heavy atom. The van der Waals surface area contributed by atoms with Gasteiger partial charge in [-0.2, -0.15) is 0 Å². The topological polar surface area (TPSA) is 86.9 Å². The van der Waals surface area contributed by atoms with E-state index in [0.29, 0.717) is 6.54 Å². The van der Waals surface area contributed by atoms with Crippen molar-refractivity contribution in [1.82, 2.24) is 14.7 Å². The molecule has 1 aromatic heterocycles.